The van der Waals surface area contributed by atoms with E-state index in [1.54, 1.807) is 0 Å². The Bertz CT molecular complexity index is 113. The van der Waals surface area contributed by atoms with Crippen LogP contribution in [0.3, 0.4) is 0 Å². The fourth-order valence-corrected chi connectivity index (χ4v) is 0.306. The predicted octanol–water partition coefficient (Wildman–Crippen LogP) is 6.00. The Morgan fingerprint density at radius 2 is 0.900 bits per heavy atom. The quantitative estimate of drug-likeness (QED) is 0.422. The number of unbranched alkanes of at least 4 members (excludes halogenated alkanes) is 3. The van der Waals surface area contributed by atoms with Gasteiger partial charge in [-0.3, -0.25) is 4.79 Å². The maximum atomic E-state index is 10.2. The average Bonchev–Trinajstić information content (AvgIpc) is 2.48. The summed E-state index contributed by atoms with van der Waals surface area (Å²) < 4.78 is 4.35. The van der Waals surface area contributed by atoms with Crippen LogP contribution in [0.4, 0.5) is 0 Å². The Hall–Kier alpha value is 0.269. The zero-order chi connectivity index (χ0) is 15.9. The second-order valence-electron chi connectivity index (χ2n) is 4.33. The van der Waals surface area contributed by atoms with E-state index >= 15 is 0 Å². The van der Waals surface area contributed by atoms with E-state index in [0.717, 1.165) is 6.42 Å². The molecule has 0 fully saturated rings. The van der Waals surface area contributed by atoms with E-state index < -0.39 is 0 Å². The molecule has 0 rings (SSSR count). The summed E-state index contributed by atoms with van der Waals surface area (Å²) in [6.07, 6.45) is 9.32. The Morgan fingerprint density at radius 1 is 0.650 bits per heavy atom. The topological polar surface area (TPSA) is 26.3 Å². The molecule has 0 aromatic rings. The van der Waals surface area contributed by atoms with Crippen molar-refractivity contribution in [2.24, 2.45) is 0 Å². The van der Waals surface area contributed by atoms with Crippen LogP contribution in [0.1, 0.15) is 99.8 Å². The van der Waals surface area contributed by atoms with Crippen LogP contribution in [-0.2, 0) is 9.53 Å². The van der Waals surface area contributed by atoms with Gasteiger partial charge in [0.05, 0.1) is 7.11 Å². The second kappa shape index (κ2) is 42.7. The fourth-order valence-electron chi connectivity index (χ4n) is 0.306. The minimum absolute atomic E-state index is 0. The minimum atomic E-state index is -0.123. The summed E-state index contributed by atoms with van der Waals surface area (Å²) in [6.45, 7) is 15.0. The number of esters is 1. The van der Waals surface area contributed by atoms with Gasteiger partial charge in [0, 0.05) is 30.3 Å². The Balaban J connectivity index is -0.0000000512. The van der Waals surface area contributed by atoms with Gasteiger partial charge in [0.25, 0.3) is 0 Å². The molecule has 2 nitrogen and oxygen atoms in total. The molecule has 0 heterocycles. The van der Waals surface area contributed by atoms with E-state index in [0.29, 0.717) is 6.42 Å². The van der Waals surface area contributed by atoms with E-state index in [1.165, 1.54) is 45.6 Å². The number of carbonyl (C=O) groups is 1. The van der Waals surface area contributed by atoms with Crippen molar-refractivity contribution in [3.05, 3.63) is 0 Å². The third kappa shape index (κ3) is 79.7. The number of ether oxygens (including phenoxy) is 1. The van der Waals surface area contributed by atoms with E-state index in [4.69, 9.17) is 0 Å². The van der Waals surface area contributed by atoms with Crippen LogP contribution in [0.2, 0.25) is 0 Å². The van der Waals surface area contributed by atoms with Gasteiger partial charge in [-0.15, -0.1) is 0 Å². The zero-order valence-corrected chi connectivity index (χ0v) is 18.3. The van der Waals surface area contributed by atoms with Crippen molar-refractivity contribution in [3.8, 4) is 0 Å². The number of hydrogen-bond donors (Lipinski definition) is 0. The van der Waals surface area contributed by atoms with E-state index in [9.17, 15) is 4.79 Å². The van der Waals surface area contributed by atoms with Crippen LogP contribution in [-0.4, -0.2) is 37.0 Å². The van der Waals surface area contributed by atoms with Crippen LogP contribution < -0.4 is 0 Å². The van der Waals surface area contributed by atoms with E-state index in [1.807, 2.05) is 6.92 Å². The molecule has 3 heteroatoms. The molecule has 0 atom stereocenters. The maximum Gasteiger partial charge on any atom is 0.305 e. The molecule has 4 radical (unpaired) electrons. The van der Waals surface area contributed by atoms with Crippen molar-refractivity contribution < 1.29 is 9.53 Å². The Kier molecular flexibility index (Phi) is 69.0. The maximum absolute atomic E-state index is 10.2. The SMILES string of the molecule is CCCC.CCCC.CCCC.CCCC(=O)OC.[Sn]. The molecule has 0 saturated carbocycles. The van der Waals surface area contributed by atoms with Gasteiger partial charge in [0.1, 0.15) is 0 Å². The third-order valence-electron chi connectivity index (χ3n) is 2.18. The fraction of sp³-hybridized carbons (Fsp3) is 0.941. The van der Waals surface area contributed by atoms with Gasteiger partial charge in [-0.25, -0.2) is 0 Å². The van der Waals surface area contributed by atoms with Gasteiger partial charge in [0.15, 0.2) is 0 Å². The first-order chi connectivity index (χ1) is 9.05. The minimum Gasteiger partial charge on any atom is -0.469 e. The van der Waals surface area contributed by atoms with Crippen molar-refractivity contribution in [1.82, 2.24) is 0 Å². The molecule has 0 aromatic heterocycles. The van der Waals surface area contributed by atoms with Gasteiger partial charge >= 0.3 is 5.97 Å². The van der Waals surface area contributed by atoms with Crippen LogP contribution in [0.25, 0.3) is 0 Å². The summed E-state index contributed by atoms with van der Waals surface area (Å²) in [7, 11) is 1.40. The number of methoxy groups -OCH3 is 1. The van der Waals surface area contributed by atoms with Crippen LogP contribution in [0, 0.1) is 0 Å². The molecule has 0 amide bonds. The molecule has 0 aliphatic carbocycles. The Morgan fingerprint density at radius 3 is 0.950 bits per heavy atom. The van der Waals surface area contributed by atoms with E-state index in [-0.39, 0.29) is 29.9 Å². The standard InChI is InChI=1S/C5H10O2.3C4H10.Sn/c1-3-4-5(6)7-2;3*1-3-4-2;/h3-4H2,1-2H3;3*3-4H2,1-2H3;. The summed E-state index contributed by atoms with van der Waals surface area (Å²) in [5.41, 5.74) is 0. The molecular formula is C17H40O2Sn. The number of rotatable bonds is 5. The summed E-state index contributed by atoms with van der Waals surface area (Å²) in [5, 5.41) is 0. The predicted molar refractivity (Wildman–Crippen MR) is 94.4 cm³/mol. The van der Waals surface area contributed by atoms with Gasteiger partial charge < -0.3 is 4.74 Å². The molecule has 0 aromatic carbocycles. The van der Waals surface area contributed by atoms with Crippen LogP contribution >= 0.6 is 0 Å². The molecule has 0 aliphatic rings. The monoisotopic (exact) mass is 396 g/mol. The van der Waals surface area contributed by atoms with Gasteiger partial charge in [-0.05, 0) is 6.42 Å². The Labute approximate surface area is 146 Å². The summed E-state index contributed by atoms with van der Waals surface area (Å²) in [4.78, 5) is 10.2. The first kappa shape index (κ1) is 32.3. The summed E-state index contributed by atoms with van der Waals surface area (Å²) >= 11 is 0. The first-order valence-corrected chi connectivity index (χ1v) is 8.12. The average molecular weight is 395 g/mol. The smallest absolute Gasteiger partial charge is 0.305 e. The van der Waals surface area contributed by atoms with Crippen molar-refractivity contribution in [2.45, 2.75) is 99.8 Å². The van der Waals surface area contributed by atoms with Crippen LogP contribution in [0.15, 0.2) is 0 Å². The molecule has 0 N–H and O–H groups in total. The van der Waals surface area contributed by atoms with Gasteiger partial charge in [-0.1, -0.05) is 87.0 Å². The van der Waals surface area contributed by atoms with E-state index in [2.05, 4.69) is 46.3 Å². The zero-order valence-electron chi connectivity index (χ0n) is 15.5. The summed E-state index contributed by atoms with van der Waals surface area (Å²) in [6, 6.07) is 0. The number of hydrogen-bond acceptors (Lipinski definition) is 2. The molecule has 0 bridgehead atoms. The normalized spacial score (nSPS) is 7.40. The van der Waals surface area contributed by atoms with Gasteiger partial charge in [0.2, 0.25) is 0 Å². The van der Waals surface area contributed by atoms with Crippen molar-refractivity contribution in [3.63, 3.8) is 0 Å². The molecule has 0 unspecified atom stereocenters. The van der Waals surface area contributed by atoms with Crippen molar-refractivity contribution in [1.29, 1.82) is 0 Å². The molecule has 0 aliphatic heterocycles. The third-order valence-corrected chi connectivity index (χ3v) is 2.18. The second-order valence-corrected chi connectivity index (χ2v) is 4.33. The molecule has 0 saturated heterocycles. The largest absolute Gasteiger partial charge is 0.469 e. The molecule has 124 valence electrons. The van der Waals surface area contributed by atoms with Crippen LogP contribution in [0.5, 0.6) is 0 Å². The van der Waals surface area contributed by atoms with Crippen molar-refractivity contribution >= 4 is 29.9 Å². The van der Waals surface area contributed by atoms with Gasteiger partial charge in [-0.2, -0.15) is 0 Å². The summed E-state index contributed by atoms with van der Waals surface area (Å²) in [5.74, 6) is -0.123. The van der Waals surface area contributed by atoms with Crippen molar-refractivity contribution in [2.75, 3.05) is 7.11 Å². The number of carbonyl (C=O) groups excluding carboxylic acids is 1. The molecule has 0 spiro atoms. The molecular weight excluding hydrogens is 355 g/mol. The molecule has 20 heavy (non-hydrogen) atoms. The first-order valence-electron chi connectivity index (χ1n) is 8.12.